The zero-order chi connectivity index (χ0) is 8.27. The second-order valence-corrected chi connectivity index (χ2v) is 2.18. The Morgan fingerprint density at radius 1 is 1.64 bits per heavy atom. The molecule has 11 heavy (non-hydrogen) atoms. The Bertz CT molecular complexity index is 254. The van der Waals surface area contributed by atoms with Crippen molar-refractivity contribution in [1.29, 1.82) is 0 Å². The lowest BCUT2D eigenvalue weighted by atomic mass is 10.3. The summed E-state index contributed by atoms with van der Waals surface area (Å²) in [4.78, 5) is 3.78. The van der Waals surface area contributed by atoms with Crippen LogP contribution in [0.2, 0.25) is 0 Å². The molecule has 1 aromatic heterocycles. The minimum absolute atomic E-state index is 0.0586. The summed E-state index contributed by atoms with van der Waals surface area (Å²) in [6, 6.07) is 2.73. The van der Waals surface area contributed by atoms with Crippen LogP contribution in [-0.2, 0) is 5.88 Å². The van der Waals surface area contributed by atoms with Gasteiger partial charge >= 0.3 is 0 Å². The van der Waals surface area contributed by atoms with Crippen LogP contribution in [0.25, 0.3) is 0 Å². The van der Waals surface area contributed by atoms with Crippen molar-refractivity contribution in [3.63, 3.8) is 0 Å². The number of halogens is 2. The Morgan fingerprint density at radius 2 is 2.36 bits per heavy atom. The molecule has 0 aliphatic rings. The van der Waals surface area contributed by atoms with Gasteiger partial charge in [0.05, 0.1) is 18.7 Å². The monoisotopic (exact) mass is 175 g/mol. The first kappa shape index (κ1) is 8.27. The van der Waals surface area contributed by atoms with Crippen LogP contribution in [0.15, 0.2) is 12.1 Å². The number of rotatable bonds is 2. The van der Waals surface area contributed by atoms with Crippen LogP contribution >= 0.6 is 11.6 Å². The minimum Gasteiger partial charge on any atom is -0.481 e. The van der Waals surface area contributed by atoms with Crippen LogP contribution in [0.4, 0.5) is 4.39 Å². The molecule has 0 saturated heterocycles. The van der Waals surface area contributed by atoms with Gasteiger partial charge in [0.15, 0.2) is 0 Å². The predicted molar refractivity (Wildman–Crippen MR) is 40.3 cm³/mol. The molecule has 0 fully saturated rings. The van der Waals surface area contributed by atoms with Gasteiger partial charge in [0.25, 0.3) is 0 Å². The first-order valence-electron chi connectivity index (χ1n) is 3.03. The topological polar surface area (TPSA) is 22.1 Å². The lowest BCUT2D eigenvalue weighted by Crippen LogP contribution is -1.94. The van der Waals surface area contributed by atoms with Crippen molar-refractivity contribution in [2.45, 2.75) is 5.88 Å². The molecule has 2 nitrogen and oxygen atoms in total. The van der Waals surface area contributed by atoms with Gasteiger partial charge in [0, 0.05) is 6.07 Å². The normalized spacial score (nSPS) is 9.73. The Morgan fingerprint density at radius 3 is 2.91 bits per heavy atom. The molecule has 0 saturated carbocycles. The molecule has 0 unspecified atom stereocenters. The van der Waals surface area contributed by atoms with E-state index in [0.29, 0.717) is 5.88 Å². The van der Waals surface area contributed by atoms with E-state index in [9.17, 15) is 4.39 Å². The van der Waals surface area contributed by atoms with Crippen molar-refractivity contribution < 1.29 is 9.13 Å². The maximum Gasteiger partial charge on any atom is 0.213 e. The molecule has 4 heteroatoms. The van der Waals surface area contributed by atoms with Gasteiger partial charge in [-0.3, -0.25) is 0 Å². The Kier molecular flexibility index (Phi) is 2.65. The van der Waals surface area contributed by atoms with E-state index in [1.54, 1.807) is 0 Å². The molecule has 1 aromatic rings. The van der Waals surface area contributed by atoms with Crippen molar-refractivity contribution in [3.8, 4) is 5.88 Å². The van der Waals surface area contributed by atoms with E-state index < -0.39 is 5.82 Å². The first-order chi connectivity index (χ1) is 5.27. The average molecular weight is 176 g/mol. The molecule has 60 valence electrons. The fourth-order valence-corrected chi connectivity index (χ4v) is 0.859. The molecule has 0 amide bonds. The molecule has 0 spiro atoms. The highest BCUT2D eigenvalue weighted by atomic mass is 35.5. The zero-order valence-corrected chi connectivity index (χ0v) is 6.73. The number of alkyl halides is 1. The molecule has 0 aromatic carbocycles. The molecule has 0 N–H and O–H groups in total. The van der Waals surface area contributed by atoms with Gasteiger partial charge < -0.3 is 4.74 Å². The van der Waals surface area contributed by atoms with Crippen molar-refractivity contribution >= 4 is 11.6 Å². The number of ether oxygens (including phenoxy) is 1. The van der Waals surface area contributed by atoms with E-state index in [1.165, 1.54) is 19.2 Å². The Hall–Kier alpha value is -0.830. The standard InChI is InChI=1S/C7H7ClFNO/c1-11-7-3-2-5(9)6(4-8)10-7/h2-3H,4H2,1H3. The van der Waals surface area contributed by atoms with Crippen LogP contribution in [0.1, 0.15) is 5.69 Å². The molecule has 0 aliphatic heterocycles. The van der Waals surface area contributed by atoms with Gasteiger partial charge in [-0.2, -0.15) is 0 Å². The summed E-state index contributed by atoms with van der Waals surface area (Å²) in [5.74, 6) is 0.0334. The van der Waals surface area contributed by atoms with E-state index in [1.807, 2.05) is 0 Å². The third kappa shape index (κ3) is 1.80. The van der Waals surface area contributed by atoms with Gasteiger partial charge in [-0.15, -0.1) is 11.6 Å². The van der Waals surface area contributed by atoms with Crippen molar-refractivity contribution in [1.82, 2.24) is 4.98 Å². The van der Waals surface area contributed by atoms with E-state index in [0.717, 1.165) is 0 Å². The molecule has 1 heterocycles. The number of pyridine rings is 1. The third-order valence-electron chi connectivity index (χ3n) is 1.23. The smallest absolute Gasteiger partial charge is 0.213 e. The summed E-state index contributed by atoms with van der Waals surface area (Å²) in [5, 5.41) is 0. The first-order valence-corrected chi connectivity index (χ1v) is 3.56. The van der Waals surface area contributed by atoms with Crippen molar-refractivity contribution in [2.24, 2.45) is 0 Å². The molecule has 0 atom stereocenters. The quantitative estimate of drug-likeness (QED) is 0.642. The molecular formula is C7H7ClFNO. The SMILES string of the molecule is COc1ccc(F)c(CCl)n1. The van der Waals surface area contributed by atoms with Crippen LogP contribution in [0.5, 0.6) is 5.88 Å². The summed E-state index contributed by atoms with van der Waals surface area (Å²) in [7, 11) is 1.47. The van der Waals surface area contributed by atoms with E-state index in [2.05, 4.69) is 4.98 Å². The van der Waals surface area contributed by atoms with Gasteiger partial charge in [-0.25, -0.2) is 9.37 Å². The second-order valence-electron chi connectivity index (χ2n) is 1.92. The predicted octanol–water partition coefficient (Wildman–Crippen LogP) is 1.97. The summed E-state index contributed by atoms with van der Waals surface area (Å²) >= 11 is 5.40. The molecule has 0 radical (unpaired) electrons. The van der Waals surface area contributed by atoms with Gasteiger partial charge in [0.2, 0.25) is 5.88 Å². The van der Waals surface area contributed by atoms with Gasteiger partial charge in [-0.05, 0) is 6.07 Å². The Balaban J connectivity index is 3.02. The van der Waals surface area contributed by atoms with Gasteiger partial charge in [-0.1, -0.05) is 0 Å². The summed E-state index contributed by atoms with van der Waals surface area (Å²) in [5.41, 5.74) is 0.214. The highest BCUT2D eigenvalue weighted by Gasteiger charge is 2.03. The van der Waals surface area contributed by atoms with Crippen LogP contribution < -0.4 is 4.74 Å². The number of aromatic nitrogens is 1. The van der Waals surface area contributed by atoms with Crippen LogP contribution in [-0.4, -0.2) is 12.1 Å². The highest BCUT2D eigenvalue weighted by Crippen LogP contribution is 2.12. The molecule has 0 bridgehead atoms. The van der Waals surface area contributed by atoms with Crippen molar-refractivity contribution in [3.05, 3.63) is 23.6 Å². The zero-order valence-electron chi connectivity index (χ0n) is 5.97. The molecule has 1 rings (SSSR count). The number of nitrogens with zero attached hydrogens (tertiary/aromatic N) is 1. The maximum absolute atomic E-state index is 12.7. The highest BCUT2D eigenvalue weighted by molar-refractivity contribution is 6.16. The number of hydrogen-bond donors (Lipinski definition) is 0. The Labute approximate surface area is 69.0 Å². The van der Waals surface area contributed by atoms with E-state index in [4.69, 9.17) is 16.3 Å². The van der Waals surface area contributed by atoms with E-state index in [-0.39, 0.29) is 11.6 Å². The maximum atomic E-state index is 12.7. The number of hydrogen-bond acceptors (Lipinski definition) is 2. The van der Waals surface area contributed by atoms with Crippen LogP contribution in [0, 0.1) is 5.82 Å². The second kappa shape index (κ2) is 3.53. The lowest BCUT2D eigenvalue weighted by molar-refractivity contribution is 0.394. The average Bonchev–Trinajstić information content (AvgIpc) is 2.05. The lowest BCUT2D eigenvalue weighted by Gasteiger charge is -2.00. The van der Waals surface area contributed by atoms with Crippen molar-refractivity contribution in [2.75, 3.05) is 7.11 Å². The largest absolute Gasteiger partial charge is 0.481 e. The summed E-state index contributed by atoms with van der Waals surface area (Å²) in [6.45, 7) is 0. The molecular weight excluding hydrogens is 169 g/mol. The third-order valence-corrected chi connectivity index (χ3v) is 1.48. The summed E-state index contributed by atoms with van der Waals surface area (Å²) in [6.07, 6.45) is 0. The fourth-order valence-electron chi connectivity index (χ4n) is 0.672. The minimum atomic E-state index is -0.402. The van der Waals surface area contributed by atoms with Crippen LogP contribution in [0.3, 0.4) is 0 Å². The van der Waals surface area contributed by atoms with E-state index >= 15 is 0 Å². The van der Waals surface area contributed by atoms with Gasteiger partial charge in [0.1, 0.15) is 5.82 Å². The summed E-state index contributed by atoms with van der Waals surface area (Å²) < 4.78 is 17.5. The number of methoxy groups -OCH3 is 1. The molecule has 0 aliphatic carbocycles. The fraction of sp³-hybridized carbons (Fsp3) is 0.286.